The Bertz CT molecular complexity index is 1270. The summed E-state index contributed by atoms with van der Waals surface area (Å²) < 4.78 is 14.2. The normalized spacial score (nSPS) is 13.9. The van der Waals surface area contributed by atoms with Gasteiger partial charge in [0.05, 0.1) is 18.0 Å². The number of hydrogen-bond acceptors (Lipinski definition) is 5. The summed E-state index contributed by atoms with van der Waals surface area (Å²) in [6, 6.07) is 17.0. The lowest BCUT2D eigenvalue weighted by atomic mass is 9.99. The van der Waals surface area contributed by atoms with E-state index in [4.69, 9.17) is 14.3 Å². The average Bonchev–Trinajstić information content (AvgIpc) is 3.17. The number of rotatable bonds is 7. The van der Waals surface area contributed by atoms with E-state index in [1.165, 1.54) is 16.7 Å². The molecule has 0 fully saturated rings. The Morgan fingerprint density at radius 3 is 2.42 bits per heavy atom. The van der Waals surface area contributed by atoms with Crippen LogP contribution in [0.15, 0.2) is 42.5 Å². The third-order valence-electron chi connectivity index (χ3n) is 7.54. The summed E-state index contributed by atoms with van der Waals surface area (Å²) in [5, 5.41) is 14.8. The molecular weight excluding hydrogens is 464 g/mol. The van der Waals surface area contributed by atoms with Crippen LogP contribution in [0.4, 0.5) is 5.82 Å². The maximum Gasteiger partial charge on any atom is 0.192 e. The summed E-state index contributed by atoms with van der Waals surface area (Å²) in [6.45, 7) is 18.0. The minimum Gasteiger partial charge on any atom is -0.491 e. The van der Waals surface area contributed by atoms with Crippen LogP contribution in [0, 0.1) is 25.2 Å². The second-order valence-corrected chi connectivity index (χ2v) is 16.0. The number of ether oxygens (including phenoxy) is 1. The standard InChI is InChI=1S/C29H38N4O2Si/c1-21-8-11-25(12-9-21)33-28(27(19-30)22(2)31-33)32-15-14-23-18-26(13-10-24(23)20-32)34-16-17-35-36(6,7)29(3,4)5/h8-13,18H,14-17,20H2,1-7H3. The largest absolute Gasteiger partial charge is 0.491 e. The van der Waals surface area contributed by atoms with Gasteiger partial charge in [-0.15, -0.1) is 0 Å². The van der Waals surface area contributed by atoms with Crippen LogP contribution in [0.25, 0.3) is 5.69 Å². The molecule has 1 aliphatic heterocycles. The Balaban J connectivity index is 1.47. The highest BCUT2D eigenvalue weighted by Crippen LogP contribution is 2.36. The fourth-order valence-electron chi connectivity index (χ4n) is 4.28. The fraction of sp³-hybridized carbons (Fsp3) is 0.448. The van der Waals surface area contributed by atoms with Gasteiger partial charge >= 0.3 is 0 Å². The zero-order valence-corrected chi connectivity index (χ0v) is 23.7. The van der Waals surface area contributed by atoms with Crippen molar-refractivity contribution in [1.29, 1.82) is 5.26 Å². The lowest BCUT2D eigenvalue weighted by Gasteiger charge is -2.36. The Labute approximate surface area is 216 Å². The van der Waals surface area contributed by atoms with E-state index in [0.717, 1.165) is 42.5 Å². The molecule has 3 aromatic rings. The van der Waals surface area contributed by atoms with Gasteiger partial charge in [-0.25, -0.2) is 4.68 Å². The van der Waals surface area contributed by atoms with E-state index in [2.05, 4.69) is 88.2 Å². The maximum atomic E-state index is 9.91. The summed E-state index contributed by atoms with van der Waals surface area (Å²) in [5.74, 6) is 1.76. The van der Waals surface area contributed by atoms with Crippen LogP contribution in [0.5, 0.6) is 5.75 Å². The Kier molecular flexibility index (Phi) is 7.30. The molecule has 0 radical (unpaired) electrons. The van der Waals surface area contributed by atoms with E-state index in [-0.39, 0.29) is 5.04 Å². The van der Waals surface area contributed by atoms with E-state index in [0.29, 0.717) is 18.8 Å². The summed E-state index contributed by atoms with van der Waals surface area (Å²) in [5.41, 5.74) is 6.11. The van der Waals surface area contributed by atoms with Crippen LogP contribution in [-0.4, -0.2) is 37.9 Å². The van der Waals surface area contributed by atoms with Crippen molar-refractivity contribution in [3.63, 3.8) is 0 Å². The molecule has 0 spiro atoms. The predicted octanol–water partition coefficient (Wildman–Crippen LogP) is 6.32. The molecule has 2 aromatic carbocycles. The monoisotopic (exact) mass is 502 g/mol. The van der Waals surface area contributed by atoms with Crippen molar-refractivity contribution in [2.75, 3.05) is 24.7 Å². The van der Waals surface area contributed by atoms with Crippen molar-refractivity contribution in [1.82, 2.24) is 9.78 Å². The molecule has 0 atom stereocenters. The molecule has 0 saturated heterocycles. The predicted molar refractivity (Wildman–Crippen MR) is 148 cm³/mol. The summed E-state index contributed by atoms with van der Waals surface area (Å²) in [7, 11) is -1.76. The molecule has 0 saturated carbocycles. The molecule has 36 heavy (non-hydrogen) atoms. The van der Waals surface area contributed by atoms with Gasteiger partial charge in [-0.05, 0) is 73.8 Å². The second-order valence-electron chi connectivity index (χ2n) is 11.2. The maximum absolute atomic E-state index is 9.91. The van der Waals surface area contributed by atoms with Gasteiger partial charge < -0.3 is 14.1 Å². The van der Waals surface area contributed by atoms with Crippen molar-refractivity contribution in [3.05, 3.63) is 70.4 Å². The number of aromatic nitrogens is 2. The molecular formula is C29H38N4O2Si. The number of anilines is 1. The molecule has 2 heterocycles. The van der Waals surface area contributed by atoms with Crippen molar-refractivity contribution >= 4 is 14.1 Å². The Morgan fingerprint density at radius 2 is 1.75 bits per heavy atom. The lowest BCUT2D eigenvalue weighted by molar-refractivity contribution is 0.203. The Morgan fingerprint density at radius 1 is 1.03 bits per heavy atom. The molecule has 190 valence electrons. The number of nitrogens with zero attached hydrogens (tertiary/aromatic N) is 4. The van der Waals surface area contributed by atoms with Crippen molar-refractivity contribution in [3.8, 4) is 17.5 Å². The van der Waals surface area contributed by atoms with E-state index in [1.807, 2.05) is 17.7 Å². The highest BCUT2D eigenvalue weighted by atomic mass is 28.4. The highest BCUT2D eigenvalue weighted by Gasteiger charge is 2.37. The zero-order chi connectivity index (χ0) is 26.1. The van der Waals surface area contributed by atoms with Gasteiger partial charge in [0, 0.05) is 13.1 Å². The van der Waals surface area contributed by atoms with Crippen molar-refractivity contribution in [2.24, 2.45) is 0 Å². The lowest BCUT2D eigenvalue weighted by Crippen LogP contribution is -2.41. The van der Waals surface area contributed by atoms with Gasteiger partial charge in [0.2, 0.25) is 0 Å². The van der Waals surface area contributed by atoms with Crippen LogP contribution in [0.1, 0.15) is 48.7 Å². The van der Waals surface area contributed by atoms with Gasteiger partial charge in [0.15, 0.2) is 14.1 Å². The van der Waals surface area contributed by atoms with E-state index in [9.17, 15) is 5.26 Å². The van der Waals surface area contributed by atoms with Gasteiger partial charge in [0.25, 0.3) is 0 Å². The molecule has 0 aliphatic carbocycles. The second kappa shape index (κ2) is 10.1. The van der Waals surface area contributed by atoms with Crippen LogP contribution in [0.3, 0.4) is 0 Å². The fourth-order valence-corrected chi connectivity index (χ4v) is 5.30. The number of fused-ring (bicyclic) bond motifs is 1. The summed E-state index contributed by atoms with van der Waals surface area (Å²) in [6.07, 6.45) is 0.885. The molecule has 1 aromatic heterocycles. The average molecular weight is 503 g/mol. The third-order valence-corrected chi connectivity index (χ3v) is 12.1. The number of nitriles is 1. The molecule has 0 amide bonds. The molecule has 0 bridgehead atoms. The third kappa shape index (κ3) is 5.35. The number of benzene rings is 2. The van der Waals surface area contributed by atoms with Crippen LogP contribution >= 0.6 is 0 Å². The number of hydrogen-bond donors (Lipinski definition) is 0. The first-order valence-electron chi connectivity index (χ1n) is 12.7. The molecule has 7 heteroatoms. The van der Waals surface area contributed by atoms with E-state index >= 15 is 0 Å². The highest BCUT2D eigenvalue weighted by molar-refractivity contribution is 6.74. The molecule has 1 aliphatic rings. The van der Waals surface area contributed by atoms with Gasteiger partial charge in [0.1, 0.15) is 24.0 Å². The zero-order valence-electron chi connectivity index (χ0n) is 22.7. The molecule has 0 unspecified atom stereocenters. The quantitative estimate of drug-likeness (QED) is 0.279. The van der Waals surface area contributed by atoms with Crippen LogP contribution in [-0.2, 0) is 17.4 Å². The summed E-state index contributed by atoms with van der Waals surface area (Å²) in [4.78, 5) is 2.27. The molecule has 6 nitrogen and oxygen atoms in total. The first-order valence-corrected chi connectivity index (χ1v) is 15.6. The van der Waals surface area contributed by atoms with Crippen molar-refractivity contribution < 1.29 is 9.16 Å². The van der Waals surface area contributed by atoms with Crippen molar-refractivity contribution in [2.45, 2.75) is 65.7 Å². The van der Waals surface area contributed by atoms with Crippen LogP contribution < -0.4 is 9.64 Å². The first-order chi connectivity index (χ1) is 17.0. The molecule has 0 N–H and O–H groups in total. The minimum atomic E-state index is -1.76. The Hall–Kier alpha value is -3.08. The number of aryl methyl sites for hydroxylation is 2. The smallest absolute Gasteiger partial charge is 0.192 e. The first kappa shape index (κ1) is 26.0. The van der Waals surface area contributed by atoms with Gasteiger partial charge in [-0.1, -0.05) is 44.5 Å². The molecule has 4 rings (SSSR count). The SMILES string of the molecule is Cc1ccc(-n2nc(C)c(C#N)c2N2CCc3cc(OCCO[Si](C)(C)C(C)(C)C)ccc3C2)cc1. The topological polar surface area (TPSA) is 63.3 Å². The minimum absolute atomic E-state index is 0.198. The summed E-state index contributed by atoms with van der Waals surface area (Å²) >= 11 is 0. The van der Waals surface area contributed by atoms with Crippen LogP contribution in [0.2, 0.25) is 18.1 Å². The van der Waals surface area contributed by atoms with E-state index < -0.39 is 8.32 Å². The van der Waals surface area contributed by atoms with Gasteiger partial charge in [-0.2, -0.15) is 10.4 Å². The van der Waals surface area contributed by atoms with E-state index in [1.54, 1.807) is 0 Å². The van der Waals surface area contributed by atoms with Gasteiger partial charge in [-0.3, -0.25) is 0 Å².